The molecule has 1 saturated heterocycles. The Morgan fingerprint density at radius 3 is 2.48 bits per heavy atom. The number of hydrogen-bond donors (Lipinski definition) is 1. The number of anilines is 1. The van der Waals surface area contributed by atoms with Crippen LogP contribution in [0, 0.1) is 25.2 Å². The predicted octanol–water partition coefficient (Wildman–Crippen LogP) is 3.62. The van der Waals surface area contributed by atoms with Gasteiger partial charge in [-0.15, -0.1) is 0 Å². The molecule has 27 heavy (non-hydrogen) atoms. The topological polar surface area (TPSA) is 66.5 Å². The Bertz CT molecular complexity index is 839. The number of rotatable bonds is 4. The maximum atomic E-state index is 13.3. The van der Waals surface area contributed by atoms with Crippen molar-refractivity contribution in [3.05, 3.63) is 29.3 Å². The minimum atomic E-state index is -3.24. The minimum Gasteiger partial charge on any atom is -0.326 e. The zero-order valence-electron chi connectivity index (χ0n) is 16.3. The Labute approximate surface area is 162 Å². The van der Waals surface area contributed by atoms with E-state index >= 15 is 0 Å². The molecule has 2 saturated carbocycles. The van der Waals surface area contributed by atoms with E-state index in [-0.39, 0.29) is 22.5 Å². The van der Waals surface area contributed by atoms with Gasteiger partial charge in [0, 0.05) is 18.8 Å². The van der Waals surface area contributed by atoms with Gasteiger partial charge >= 0.3 is 0 Å². The molecule has 1 N–H and O–H groups in total. The van der Waals surface area contributed by atoms with Crippen molar-refractivity contribution in [1.29, 1.82) is 0 Å². The number of carbonyl (C=O) groups excluding carboxylic acids is 1. The smallest absolute Gasteiger partial charge is 0.229 e. The number of benzene rings is 1. The van der Waals surface area contributed by atoms with Gasteiger partial charge in [0.25, 0.3) is 0 Å². The molecule has 1 spiro atoms. The molecule has 6 heteroatoms. The first-order valence-corrected chi connectivity index (χ1v) is 11.7. The lowest BCUT2D eigenvalue weighted by atomic mass is 9.67. The van der Waals surface area contributed by atoms with Crippen molar-refractivity contribution >= 4 is 21.6 Å². The summed E-state index contributed by atoms with van der Waals surface area (Å²) in [6.07, 6.45) is 6.80. The number of sulfonamides is 1. The molecule has 5 nitrogen and oxygen atoms in total. The van der Waals surface area contributed by atoms with E-state index in [0.717, 1.165) is 55.3 Å². The molecule has 1 heterocycles. The zero-order valence-corrected chi connectivity index (χ0v) is 17.1. The first kappa shape index (κ1) is 18.9. The Hall–Kier alpha value is -1.40. The minimum absolute atomic E-state index is 0.0163. The third-order valence-corrected chi connectivity index (χ3v) is 9.04. The number of hydrogen-bond acceptors (Lipinski definition) is 3. The third kappa shape index (κ3) is 3.54. The van der Waals surface area contributed by atoms with Crippen LogP contribution in [0.2, 0.25) is 0 Å². The summed E-state index contributed by atoms with van der Waals surface area (Å²) in [5.74, 6) is -0.274. The Morgan fingerprint density at radius 2 is 1.85 bits per heavy atom. The SMILES string of the molecule is Cc1ccc(NC(=O)C2CN(S(=O)(=O)C3CC3)CC23CCCCC3)c(C)c1. The summed E-state index contributed by atoms with van der Waals surface area (Å²) in [5.41, 5.74) is 2.85. The first-order valence-electron chi connectivity index (χ1n) is 10.2. The van der Waals surface area contributed by atoms with Gasteiger partial charge < -0.3 is 5.32 Å². The normalized spacial score (nSPS) is 25.6. The van der Waals surface area contributed by atoms with Gasteiger partial charge in [0.1, 0.15) is 0 Å². The Kier molecular flexibility index (Phi) is 4.83. The molecule has 1 amide bonds. The second kappa shape index (κ2) is 6.89. The summed E-state index contributed by atoms with van der Waals surface area (Å²) in [7, 11) is -3.24. The largest absolute Gasteiger partial charge is 0.326 e. The van der Waals surface area contributed by atoms with Crippen molar-refractivity contribution in [1.82, 2.24) is 4.31 Å². The number of nitrogens with zero attached hydrogens (tertiary/aromatic N) is 1. The van der Waals surface area contributed by atoms with Gasteiger partial charge in [-0.25, -0.2) is 12.7 Å². The molecule has 0 aromatic heterocycles. The molecule has 1 aromatic rings. The van der Waals surface area contributed by atoms with Crippen LogP contribution in [0.25, 0.3) is 0 Å². The van der Waals surface area contributed by atoms with E-state index in [4.69, 9.17) is 0 Å². The van der Waals surface area contributed by atoms with Crippen molar-refractivity contribution in [2.24, 2.45) is 11.3 Å². The van der Waals surface area contributed by atoms with Crippen molar-refractivity contribution < 1.29 is 13.2 Å². The average molecular weight is 391 g/mol. The summed E-state index contributed by atoms with van der Waals surface area (Å²) < 4.78 is 27.3. The average Bonchev–Trinajstić information content (AvgIpc) is 3.42. The lowest BCUT2D eigenvalue weighted by Crippen LogP contribution is -2.39. The lowest BCUT2D eigenvalue weighted by molar-refractivity contribution is -0.123. The highest BCUT2D eigenvalue weighted by molar-refractivity contribution is 7.90. The molecular formula is C21H30N2O3S. The molecule has 3 fully saturated rings. The second-order valence-electron chi connectivity index (χ2n) is 8.82. The van der Waals surface area contributed by atoms with Crippen molar-refractivity contribution in [3.8, 4) is 0 Å². The van der Waals surface area contributed by atoms with Crippen LogP contribution in [0.3, 0.4) is 0 Å². The van der Waals surface area contributed by atoms with Crippen LogP contribution in [0.1, 0.15) is 56.1 Å². The van der Waals surface area contributed by atoms with Gasteiger partial charge in [0.2, 0.25) is 15.9 Å². The van der Waals surface area contributed by atoms with Crippen LogP contribution in [-0.4, -0.2) is 37.0 Å². The van der Waals surface area contributed by atoms with E-state index in [1.807, 2.05) is 26.0 Å². The fourth-order valence-corrected chi connectivity index (χ4v) is 6.94. The van der Waals surface area contributed by atoms with Crippen LogP contribution >= 0.6 is 0 Å². The molecule has 3 aliphatic rings. The Morgan fingerprint density at radius 1 is 1.15 bits per heavy atom. The van der Waals surface area contributed by atoms with Crippen LogP contribution in [0.5, 0.6) is 0 Å². The van der Waals surface area contributed by atoms with E-state index in [2.05, 4.69) is 11.4 Å². The number of amides is 1. The monoisotopic (exact) mass is 390 g/mol. The molecule has 1 atom stereocenters. The van der Waals surface area contributed by atoms with Gasteiger partial charge in [-0.3, -0.25) is 4.79 Å². The fraction of sp³-hybridized carbons (Fsp3) is 0.667. The molecule has 1 aromatic carbocycles. The molecule has 0 radical (unpaired) electrons. The van der Waals surface area contributed by atoms with Crippen molar-refractivity contribution in [3.63, 3.8) is 0 Å². The summed E-state index contributed by atoms with van der Waals surface area (Å²) in [4.78, 5) is 13.3. The summed E-state index contributed by atoms with van der Waals surface area (Å²) in [6.45, 7) is 4.90. The number of aryl methyl sites for hydroxylation is 2. The van der Waals surface area contributed by atoms with Gasteiger partial charge in [-0.05, 0) is 56.6 Å². The van der Waals surface area contributed by atoms with Gasteiger partial charge in [0.15, 0.2) is 0 Å². The molecule has 4 rings (SSSR count). The van der Waals surface area contributed by atoms with E-state index < -0.39 is 10.0 Å². The van der Waals surface area contributed by atoms with Crippen LogP contribution in [-0.2, 0) is 14.8 Å². The van der Waals surface area contributed by atoms with Gasteiger partial charge in [-0.1, -0.05) is 37.0 Å². The van der Waals surface area contributed by atoms with E-state index in [1.54, 1.807) is 4.31 Å². The van der Waals surface area contributed by atoms with Crippen LogP contribution in [0.4, 0.5) is 5.69 Å². The second-order valence-corrected chi connectivity index (χ2v) is 11.0. The molecule has 1 aliphatic heterocycles. The highest BCUT2D eigenvalue weighted by atomic mass is 32.2. The van der Waals surface area contributed by atoms with Gasteiger partial charge in [0.05, 0.1) is 11.2 Å². The van der Waals surface area contributed by atoms with Crippen LogP contribution in [0.15, 0.2) is 18.2 Å². The van der Waals surface area contributed by atoms with E-state index in [1.165, 1.54) is 6.42 Å². The molecular weight excluding hydrogens is 360 g/mol. The first-order chi connectivity index (χ1) is 12.8. The fourth-order valence-electron chi connectivity index (χ4n) is 4.99. The maximum absolute atomic E-state index is 13.3. The summed E-state index contributed by atoms with van der Waals surface area (Å²) in [6, 6.07) is 6.01. The number of carbonyl (C=O) groups is 1. The quantitative estimate of drug-likeness (QED) is 0.854. The lowest BCUT2D eigenvalue weighted by Gasteiger charge is -2.37. The zero-order chi connectivity index (χ0) is 19.2. The van der Waals surface area contributed by atoms with Crippen molar-refractivity contribution in [2.45, 2.75) is 64.0 Å². The predicted molar refractivity (Wildman–Crippen MR) is 107 cm³/mol. The van der Waals surface area contributed by atoms with Crippen LogP contribution < -0.4 is 5.32 Å². The molecule has 148 valence electrons. The van der Waals surface area contributed by atoms with Crippen molar-refractivity contribution in [2.75, 3.05) is 18.4 Å². The highest BCUT2D eigenvalue weighted by Crippen LogP contribution is 2.50. The Balaban J connectivity index is 1.59. The standard InChI is InChI=1S/C21H30N2O3S/c1-15-6-9-19(16(2)12-15)22-20(24)18-13-23(27(25,26)17-7-8-17)14-21(18)10-4-3-5-11-21/h6,9,12,17-18H,3-5,7-8,10-11,13-14H2,1-2H3,(H,22,24). The van der Waals surface area contributed by atoms with E-state index in [9.17, 15) is 13.2 Å². The maximum Gasteiger partial charge on any atom is 0.229 e. The number of nitrogens with one attached hydrogen (secondary N) is 1. The summed E-state index contributed by atoms with van der Waals surface area (Å²) >= 11 is 0. The summed E-state index contributed by atoms with van der Waals surface area (Å²) in [5, 5.41) is 2.90. The molecule has 0 bridgehead atoms. The molecule has 2 aliphatic carbocycles. The van der Waals surface area contributed by atoms with Gasteiger partial charge in [-0.2, -0.15) is 0 Å². The third-order valence-electron chi connectivity index (χ3n) is 6.73. The highest BCUT2D eigenvalue weighted by Gasteiger charge is 2.55. The van der Waals surface area contributed by atoms with E-state index in [0.29, 0.717) is 13.1 Å². The molecule has 1 unspecified atom stereocenters.